The highest BCUT2D eigenvalue weighted by atomic mass is 16.7. The number of hydrogen-bond donors (Lipinski definition) is 0. The Morgan fingerprint density at radius 1 is 0.403 bits per heavy atom. The number of likely N-dealkylation sites (N-methyl/N-ethyl adjacent to an activating group) is 1. The van der Waals surface area contributed by atoms with Crippen LogP contribution in [0.25, 0.3) is 0 Å². The van der Waals surface area contributed by atoms with Crippen LogP contribution in [-0.2, 0) is 33.3 Å². The van der Waals surface area contributed by atoms with Gasteiger partial charge in [0.1, 0.15) is 13.2 Å². The Kier molecular flexibility index (Phi) is 56.4. The Labute approximate surface area is 475 Å². The normalized spacial score (nSPS) is 13.2. The lowest BCUT2D eigenvalue weighted by Gasteiger charge is -2.26. The zero-order valence-corrected chi connectivity index (χ0v) is 50.8. The van der Waals surface area contributed by atoms with Gasteiger partial charge in [-0.2, -0.15) is 0 Å². The molecule has 0 heterocycles. The van der Waals surface area contributed by atoms with Gasteiger partial charge in [-0.05, 0) is 83.5 Å². The third kappa shape index (κ3) is 60.2. The molecule has 2 unspecified atom stereocenters. The molecule has 0 aliphatic carbocycles. The summed E-state index contributed by atoms with van der Waals surface area (Å²) in [5, 5.41) is 11.8. The summed E-state index contributed by atoms with van der Waals surface area (Å²) in [6.07, 6.45) is 74.3. The second kappa shape index (κ2) is 58.9. The van der Waals surface area contributed by atoms with E-state index in [2.05, 4.69) is 86.8 Å². The van der Waals surface area contributed by atoms with E-state index >= 15 is 0 Å². The smallest absolute Gasteiger partial charge is 0.306 e. The standard InChI is InChI=1S/C68H121NO8/c1-6-8-10-12-14-16-18-20-21-22-23-24-25-26-27-28-29-30-31-32-33-34-35-36-37-38-39-40-41-42-43-44-45-47-49-51-53-55-57-59-66(71)77-64(63-76-68(67(72)73)74-61-60-69(3,4)5)62-75-65(70)58-56-54-52-50-48-46-19-17-15-13-11-9-7-2/h9,11,15,17-18,20,22-23,25-26,46,48,64,68H,6-8,10,12-14,16,19,21,24,27-45,47,49-63H2,1-5H3/b11-9-,17-15-,20-18-,23-22-,26-25-,48-46-. The molecular formula is C68H121NO8. The lowest BCUT2D eigenvalue weighted by Crippen LogP contribution is -2.44. The van der Waals surface area contributed by atoms with Gasteiger partial charge in [-0.1, -0.05) is 260 Å². The predicted molar refractivity (Wildman–Crippen MR) is 325 cm³/mol. The van der Waals surface area contributed by atoms with Gasteiger partial charge in [0.05, 0.1) is 40.3 Å². The first-order valence-corrected chi connectivity index (χ1v) is 32.1. The van der Waals surface area contributed by atoms with Crippen LogP contribution < -0.4 is 5.11 Å². The number of esters is 2. The summed E-state index contributed by atoms with van der Waals surface area (Å²) >= 11 is 0. The van der Waals surface area contributed by atoms with E-state index in [1.807, 2.05) is 21.1 Å². The molecule has 9 heteroatoms. The summed E-state index contributed by atoms with van der Waals surface area (Å²) in [5.74, 6) is -2.32. The summed E-state index contributed by atoms with van der Waals surface area (Å²) in [7, 11) is 5.91. The number of carboxylic acids is 1. The molecule has 0 rings (SSSR count). The topological polar surface area (TPSA) is 111 Å². The fourth-order valence-corrected chi connectivity index (χ4v) is 9.03. The molecule has 0 aliphatic heterocycles. The fraction of sp³-hybridized carbons (Fsp3) is 0.779. The van der Waals surface area contributed by atoms with Crippen molar-refractivity contribution in [3.63, 3.8) is 0 Å². The molecule has 0 bridgehead atoms. The first-order chi connectivity index (χ1) is 37.6. The van der Waals surface area contributed by atoms with Crippen LogP contribution in [0.5, 0.6) is 0 Å². The maximum atomic E-state index is 12.9. The maximum Gasteiger partial charge on any atom is 0.306 e. The van der Waals surface area contributed by atoms with Gasteiger partial charge in [0.15, 0.2) is 12.4 Å². The van der Waals surface area contributed by atoms with Crippen LogP contribution in [-0.4, -0.2) is 82.3 Å². The zero-order valence-electron chi connectivity index (χ0n) is 50.8. The van der Waals surface area contributed by atoms with E-state index < -0.39 is 24.3 Å². The van der Waals surface area contributed by atoms with Crippen molar-refractivity contribution in [2.24, 2.45) is 0 Å². The molecule has 0 N–H and O–H groups in total. The first-order valence-electron chi connectivity index (χ1n) is 32.1. The van der Waals surface area contributed by atoms with E-state index in [0.29, 0.717) is 23.9 Å². The quantitative estimate of drug-likeness (QED) is 0.0195. The second-order valence-corrected chi connectivity index (χ2v) is 22.7. The number of ether oxygens (including phenoxy) is 4. The van der Waals surface area contributed by atoms with Crippen LogP contribution in [0.1, 0.15) is 284 Å². The summed E-state index contributed by atoms with van der Waals surface area (Å²) in [4.78, 5) is 37.2. The third-order valence-corrected chi connectivity index (χ3v) is 13.9. The summed E-state index contributed by atoms with van der Waals surface area (Å²) in [5.41, 5.74) is 0. The van der Waals surface area contributed by atoms with Crippen LogP contribution in [0.15, 0.2) is 72.9 Å². The van der Waals surface area contributed by atoms with E-state index in [0.717, 1.165) is 64.2 Å². The van der Waals surface area contributed by atoms with Crippen molar-refractivity contribution in [1.29, 1.82) is 0 Å². The maximum absolute atomic E-state index is 12.9. The number of carboxylic acid groups (broad SMARTS) is 1. The van der Waals surface area contributed by atoms with Gasteiger partial charge >= 0.3 is 11.9 Å². The summed E-state index contributed by atoms with van der Waals surface area (Å²) in [6, 6.07) is 0. The highest BCUT2D eigenvalue weighted by Crippen LogP contribution is 2.17. The lowest BCUT2D eigenvalue weighted by atomic mass is 10.0. The highest BCUT2D eigenvalue weighted by molar-refractivity contribution is 5.70. The molecule has 0 saturated carbocycles. The van der Waals surface area contributed by atoms with Gasteiger partial charge in [0, 0.05) is 12.8 Å². The van der Waals surface area contributed by atoms with Crippen molar-refractivity contribution in [3.8, 4) is 0 Å². The third-order valence-electron chi connectivity index (χ3n) is 13.9. The van der Waals surface area contributed by atoms with Gasteiger partial charge in [-0.25, -0.2) is 0 Å². The molecule has 0 aromatic carbocycles. The fourth-order valence-electron chi connectivity index (χ4n) is 9.03. The number of rotatable bonds is 59. The molecule has 0 saturated heterocycles. The minimum atomic E-state index is -1.63. The molecule has 0 aromatic rings. The Balaban J connectivity index is 3.96. The number of carbonyl (C=O) groups is 3. The van der Waals surface area contributed by atoms with E-state index in [9.17, 15) is 19.5 Å². The van der Waals surface area contributed by atoms with Gasteiger partial charge in [0.25, 0.3) is 0 Å². The number of unbranched alkanes of at least 4 members (excludes halogenated alkanes) is 32. The van der Waals surface area contributed by atoms with Crippen molar-refractivity contribution in [1.82, 2.24) is 0 Å². The van der Waals surface area contributed by atoms with Crippen LogP contribution >= 0.6 is 0 Å². The number of aliphatic carboxylic acids is 1. The Bertz CT molecular complexity index is 1490. The van der Waals surface area contributed by atoms with Crippen LogP contribution in [0.4, 0.5) is 0 Å². The van der Waals surface area contributed by atoms with Crippen molar-refractivity contribution < 1.29 is 42.9 Å². The van der Waals surface area contributed by atoms with Crippen LogP contribution in [0.3, 0.4) is 0 Å². The van der Waals surface area contributed by atoms with Crippen molar-refractivity contribution in [2.45, 2.75) is 296 Å². The van der Waals surface area contributed by atoms with Crippen LogP contribution in [0.2, 0.25) is 0 Å². The van der Waals surface area contributed by atoms with Gasteiger partial charge in [-0.15, -0.1) is 0 Å². The largest absolute Gasteiger partial charge is 0.545 e. The van der Waals surface area contributed by atoms with E-state index in [1.54, 1.807) is 0 Å². The van der Waals surface area contributed by atoms with E-state index in [-0.39, 0.29) is 38.6 Å². The van der Waals surface area contributed by atoms with E-state index in [1.165, 1.54) is 180 Å². The monoisotopic (exact) mass is 1080 g/mol. The van der Waals surface area contributed by atoms with Crippen molar-refractivity contribution in [3.05, 3.63) is 72.9 Å². The molecule has 0 spiro atoms. The van der Waals surface area contributed by atoms with E-state index in [4.69, 9.17) is 18.9 Å². The molecule has 0 aliphatic rings. The van der Waals surface area contributed by atoms with Gasteiger partial charge < -0.3 is 33.3 Å². The highest BCUT2D eigenvalue weighted by Gasteiger charge is 2.22. The number of nitrogens with zero attached hydrogens (tertiary/aromatic N) is 1. The second-order valence-electron chi connectivity index (χ2n) is 22.7. The lowest BCUT2D eigenvalue weighted by molar-refractivity contribution is -0.870. The Morgan fingerprint density at radius 3 is 1.12 bits per heavy atom. The summed E-state index contributed by atoms with van der Waals surface area (Å²) in [6.45, 7) is 4.60. The average molecular weight is 1080 g/mol. The van der Waals surface area contributed by atoms with Crippen molar-refractivity contribution >= 4 is 17.9 Å². The molecular weight excluding hydrogens is 959 g/mol. The van der Waals surface area contributed by atoms with Gasteiger partial charge in [0.2, 0.25) is 0 Å². The zero-order chi connectivity index (χ0) is 56.2. The minimum Gasteiger partial charge on any atom is -0.545 e. The Hall–Kier alpha value is -3.27. The van der Waals surface area contributed by atoms with Crippen LogP contribution in [0, 0.1) is 0 Å². The Morgan fingerprint density at radius 2 is 0.740 bits per heavy atom. The van der Waals surface area contributed by atoms with Gasteiger partial charge in [-0.3, -0.25) is 9.59 Å². The number of allylic oxidation sites excluding steroid dienone is 12. The predicted octanol–water partition coefficient (Wildman–Crippen LogP) is 18.0. The van der Waals surface area contributed by atoms with Crippen molar-refractivity contribution in [2.75, 3.05) is 47.5 Å². The first kappa shape index (κ1) is 73.7. The molecule has 2 atom stereocenters. The number of quaternary nitrogens is 1. The molecule has 77 heavy (non-hydrogen) atoms. The molecule has 446 valence electrons. The molecule has 0 aromatic heterocycles. The molecule has 0 fully saturated rings. The minimum absolute atomic E-state index is 0.142. The summed E-state index contributed by atoms with van der Waals surface area (Å²) < 4.78 is 22.6. The number of carbonyl (C=O) groups excluding carboxylic acids is 3. The average Bonchev–Trinajstić information content (AvgIpc) is 3.40. The molecule has 0 radical (unpaired) electrons. The number of hydrogen-bond acceptors (Lipinski definition) is 8. The molecule has 0 amide bonds. The SMILES string of the molecule is CC/C=C\C/C=C\C/C=C\CCCCCC(=O)OCC(COC(OCC[N+](C)(C)C)C(=O)[O-])OC(=O)CCCCCCCCCCCCCCCCCCCCCCCCCC/C=C\C/C=C\C/C=C\CCCCCCC. The molecule has 9 nitrogen and oxygen atoms in total.